The molecule has 0 spiro atoms. The molecule has 28 nitrogen and oxygen atoms in total. The van der Waals surface area contributed by atoms with Gasteiger partial charge in [0.25, 0.3) is 0 Å². The zero-order chi connectivity index (χ0) is 60.6. The molecule has 472 valence electrons. The van der Waals surface area contributed by atoms with Crippen molar-refractivity contribution in [2.24, 2.45) is 0 Å². The van der Waals surface area contributed by atoms with E-state index in [-0.39, 0.29) is 57.0 Å². The number of hydrogen-bond donors (Lipinski definition) is 5. The molecule has 0 saturated carbocycles. The largest absolute Gasteiger partial charge is 0.420 e. The standard InChI is InChI=1S/C51H71ClF3N9O19P2/c52-51-57-48(39-30-56-64(49(39)58-51)50-46(67)45(66)43(82-50)34-81-85(71,72)35-84(68,69)70)62(31-36-6-2-3-7-42(36)61-9-4-1-5-10-61)11-14-74-17-20-77-24-25-79-26-27-80-33-38-32-63(60-59-38)12-15-75-18-21-78-23-22-76-19-16-73-13-8-44(65)83-47-40(54)28-37(53)29-41(47)55/h2-3,6-7,28-30,32,43,45-46,50,66-67H,1,4-5,8-27,31,33-35H2,(H,71,72)(H2,68,69,70)/t43-,45-,46-,50-/m1/s1. The Hall–Kier alpha value is -4.86. The van der Waals surface area contributed by atoms with Gasteiger partial charge in [0.1, 0.15) is 35.6 Å². The number of ether oxygens (including phenoxy) is 10. The Morgan fingerprint density at radius 2 is 1.36 bits per heavy atom. The van der Waals surface area contributed by atoms with Crippen molar-refractivity contribution < 1.29 is 104 Å². The van der Waals surface area contributed by atoms with Gasteiger partial charge < -0.3 is 86.6 Å². The number of carbonyl (C=O) groups is 1. The highest BCUT2D eigenvalue weighted by molar-refractivity contribution is 7.70. The van der Waals surface area contributed by atoms with Crippen LogP contribution in [-0.4, -0.2) is 215 Å². The summed E-state index contributed by atoms with van der Waals surface area (Å²) in [7, 11) is -9.72. The molecule has 0 amide bonds. The SMILES string of the molecule is O=C(CCOCCOCCOCCOCCn1cc(COCCOCCOCCOCCN(Cc2ccccc2N2CCCCC2)c2nc(Cl)nc3c2cnn3[C@@H]2O[C@H](COP(=O)(O)CP(=O)(O)O)[C@@H](O)[C@H]2O)nn1)Oc1c(F)cc(F)cc1F. The number of hydrogen-bond acceptors (Lipinski definition) is 23. The van der Waals surface area contributed by atoms with Crippen LogP contribution in [0, 0.1) is 17.5 Å². The Morgan fingerprint density at radius 1 is 0.765 bits per heavy atom. The summed E-state index contributed by atoms with van der Waals surface area (Å²) in [5, 5.41) is 34.8. The molecule has 5 atom stereocenters. The lowest BCUT2D eigenvalue weighted by Crippen LogP contribution is -2.34. The van der Waals surface area contributed by atoms with Crippen molar-refractivity contribution in [3.63, 3.8) is 0 Å². The molecule has 34 heteroatoms. The average molecular weight is 1270 g/mol. The van der Waals surface area contributed by atoms with E-state index in [1.807, 2.05) is 17.0 Å². The Balaban J connectivity index is 0.742. The van der Waals surface area contributed by atoms with Crippen LogP contribution in [-0.2, 0) is 80.8 Å². The van der Waals surface area contributed by atoms with Gasteiger partial charge in [0, 0.05) is 44.0 Å². The molecule has 2 aliphatic rings. The van der Waals surface area contributed by atoms with E-state index in [4.69, 9.17) is 68.5 Å². The molecule has 2 aromatic carbocycles. The van der Waals surface area contributed by atoms with Gasteiger partial charge in [-0.05, 0) is 42.5 Å². The minimum Gasteiger partial charge on any atom is -0.420 e. The van der Waals surface area contributed by atoms with Gasteiger partial charge in [0.15, 0.2) is 29.4 Å². The number of aliphatic hydroxyl groups excluding tert-OH is 2. The molecule has 0 aliphatic carbocycles. The summed E-state index contributed by atoms with van der Waals surface area (Å²) >= 11 is 6.58. The fraction of sp³-hybridized carbons (Fsp3) is 0.608. The van der Waals surface area contributed by atoms with E-state index in [0.29, 0.717) is 115 Å². The maximum absolute atomic E-state index is 13.6. The van der Waals surface area contributed by atoms with E-state index < -0.39 is 81.4 Å². The molecule has 3 aromatic heterocycles. The smallest absolute Gasteiger partial charge is 0.340 e. The van der Waals surface area contributed by atoms with Gasteiger partial charge in [-0.15, -0.1) is 5.10 Å². The highest BCUT2D eigenvalue weighted by Gasteiger charge is 2.46. The number of rotatable bonds is 40. The van der Waals surface area contributed by atoms with Gasteiger partial charge in [-0.3, -0.25) is 13.9 Å². The minimum atomic E-state index is -4.92. The maximum Gasteiger partial charge on any atom is 0.340 e. The summed E-state index contributed by atoms with van der Waals surface area (Å²) in [6.45, 7) is 6.66. The molecule has 2 fully saturated rings. The molecule has 85 heavy (non-hydrogen) atoms. The number of halogens is 4. The zero-order valence-electron chi connectivity index (χ0n) is 46.4. The normalized spacial score (nSPS) is 18.2. The van der Waals surface area contributed by atoms with Crippen molar-refractivity contribution in [3.05, 3.63) is 82.8 Å². The van der Waals surface area contributed by atoms with Crippen molar-refractivity contribution >= 4 is 55.3 Å². The van der Waals surface area contributed by atoms with Crippen LogP contribution in [0.3, 0.4) is 0 Å². The fourth-order valence-corrected chi connectivity index (χ4v) is 11.5. The van der Waals surface area contributed by atoms with Crippen LogP contribution in [0.2, 0.25) is 5.28 Å². The zero-order valence-corrected chi connectivity index (χ0v) is 48.9. The second-order valence-electron chi connectivity index (χ2n) is 19.3. The topological polar surface area (TPSA) is 335 Å². The number of esters is 1. The average Bonchev–Trinajstić information content (AvgIpc) is 3.09. The van der Waals surface area contributed by atoms with E-state index >= 15 is 0 Å². The van der Waals surface area contributed by atoms with E-state index in [9.17, 15) is 42.2 Å². The number of para-hydroxylation sites is 1. The van der Waals surface area contributed by atoms with Gasteiger partial charge in [0.05, 0.1) is 143 Å². The van der Waals surface area contributed by atoms with Gasteiger partial charge in [-0.1, -0.05) is 23.4 Å². The minimum absolute atomic E-state index is 0.0670. The van der Waals surface area contributed by atoms with Gasteiger partial charge in [0.2, 0.25) is 11.0 Å². The number of aliphatic hydroxyl groups is 2. The van der Waals surface area contributed by atoms with E-state index in [0.717, 1.165) is 43.6 Å². The molecule has 7 rings (SSSR count). The molecule has 0 radical (unpaired) electrons. The Labute approximate surface area is 491 Å². The second-order valence-corrected chi connectivity index (χ2v) is 23.6. The second kappa shape index (κ2) is 34.6. The third-order valence-electron chi connectivity index (χ3n) is 12.8. The molecular formula is C51H71ClF3N9O19P2. The molecule has 1 unspecified atom stereocenters. The first-order valence-electron chi connectivity index (χ1n) is 27.3. The van der Waals surface area contributed by atoms with Crippen LogP contribution in [0.1, 0.15) is 43.2 Å². The van der Waals surface area contributed by atoms with Crippen molar-refractivity contribution in [3.8, 4) is 5.75 Å². The van der Waals surface area contributed by atoms with Crippen LogP contribution >= 0.6 is 26.8 Å². The number of aromatic nitrogens is 7. The first kappa shape index (κ1) is 67.6. The molecule has 5 N–H and O–H groups in total. The lowest BCUT2D eigenvalue weighted by atomic mass is 10.1. The van der Waals surface area contributed by atoms with Gasteiger partial charge in [-0.25, -0.2) is 22.5 Å². The predicted octanol–water partition coefficient (Wildman–Crippen LogP) is 3.77. The van der Waals surface area contributed by atoms with Crippen LogP contribution < -0.4 is 14.5 Å². The number of nitrogens with zero attached hydrogens (tertiary/aromatic N) is 9. The summed E-state index contributed by atoms with van der Waals surface area (Å²) < 4.78 is 127. The Bertz CT molecular complexity index is 2930. The van der Waals surface area contributed by atoms with Crippen molar-refractivity contribution in [2.75, 3.05) is 141 Å². The third kappa shape index (κ3) is 22.4. The van der Waals surface area contributed by atoms with Crippen LogP contribution in [0.5, 0.6) is 5.75 Å². The lowest BCUT2D eigenvalue weighted by Gasteiger charge is -2.32. The monoisotopic (exact) mass is 1270 g/mol. The van der Waals surface area contributed by atoms with Crippen LogP contribution in [0.4, 0.5) is 24.7 Å². The van der Waals surface area contributed by atoms with E-state index in [2.05, 4.69) is 47.1 Å². The van der Waals surface area contributed by atoms with Crippen LogP contribution in [0.15, 0.2) is 48.8 Å². The Morgan fingerprint density at radius 3 is 2.01 bits per heavy atom. The quantitative estimate of drug-likeness (QED) is 0.0122. The summed E-state index contributed by atoms with van der Waals surface area (Å²) in [5.74, 6) is -6.71. The molecule has 2 saturated heterocycles. The van der Waals surface area contributed by atoms with Crippen LogP contribution in [0.25, 0.3) is 11.0 Å². The number of anilines is 2. The Kier molecular flexibility index (Phi) is 27.6. The summed E-state index contributed by atoms with van der Waals surface area (Å²) in [4.78, 5) is 53.5. The summed E-state index contributed by atoms with van der Waals surface area (Å²) in [6.07, 6.45) is 0.214. The number of carbonyl (C=O) groups excluding carboxylic acids is 1. The third-order valence-corrected chi connectivity index (χ3v) is 16.4. The molecular weight excluding hydrogens is 1200 g/mol. The predicted molar refractivity (Wildman–Crippen MR) is 294 cm³/mol. The fourth-order valence-electron chi connectivity index (χ4n) is 8.79. The maximum atomic E-state index is 13.6. The lowest BCUT2D eigenvalue weighted by molar-refractivity contribution is -0.136. The van der Waals surface area contributed by atoms with Gasteiger partial charge >= 0.3 is 21.2 Å². The van der Waals surface area contributed by atoms with Crippen molar-refractivity contribution in [1.29, 1.82) is 0 Å². The number of benzene rings is 2. The van der Waals surface area contributed by atoms with Crippen molar-refractivity contribution in [2.45, 2.75) is 69.9 Å². The van der Waals surface area contributed by atoms with E-state index in [1.165, 1.54) is 10.9 Å². The van der Waals surface area contributed by atoms with E-state index in [1.54, 1.807) is 10.9 Å². The molecule has 5 heterocycles. The highest BCUT2D eigenvalue weighted by Crippen LogP contribution is 2.55. The summed E-state index contributed by atoms with van der Waals surface area (Å²) in [6, 6.07) is 8.94. The highest BCUT2D eigenvalue weighted by atomic mass is 35.5. The first-order chi connectivity index (χ1) is 40.9. The first-order valence-corrected chi connectivity index (χ1v) is 31.3. The molecule has 5 aromatic rings. The van der Waals surface area contributed by atoms with Crippen molar-refractivity contribution in [1.82, 2.24) is 34.7 Å². The molecule has 0 bridgehead atoms. The molecule has 2 aliphatic heterocycles. The van der Waals surface area contributed by atoms with Gasteiger partial charge in [-0.2, -0.15) is 15.1 Å². The number of piperidine rings is 1. The summed E-state index contributed by atoms with van der Waals surface area (Å²) in [5.41, 5.74) is 2.90. The number of fused-ring (bicyclic) bond motifs is 1.